The minimum Gasteiger partial charge on any atom is -0.493 e. The van der Waals surface area contributed by atoms with Crippen molar-refractivity contribution in [2.75, 3.05) is 6.61 Å². The molecule has 0 saturated carbocycles. The van der Waals surface area contributed by atoms with E-state index < -0.39 is 5.51 Å². The molecule has 1 rings (SSSR count). The van der Waals surface area contributed by atoms with Gasteiger partial charge < -0.3 is 4.74 Å². The summed E-state index contributed by atoms with van der Waals surface area (Å²) in [4.78, 5) is 0.0434. The van der Waals surface area contributed by atoms with Gasteiger partial charge in [0, 0.05) is 0 Å². The van der Waals surface area contributed by atoms with E-state index in [0.29, 0.717) is 6.61 Å². The lowest BCUT2D eigenvalue weighted by atomic mass is 10.3. The summed E-state index contributed by atoms with van der Waals surface area (Å²) in [5.74, 6) is 0.244. The zero-order valence-electron chi connectivity index (χ0n) is 7.39. The van der Waals surface area contributed by atoms with E-state index in [0.717, 1.165) is 0 Å². The van der Waals surface area contributed by atoms with Crippen LogP contribution in [-0.4, -0.2) is 12.1 Å². The second kappa shape index (κ2) is 4.59. The van der Waals surface area contributed by atoms with E-state index in [4.69, 9.17) is 4.74 Å². The van der Waals surface area contributed by atoms with Gasteiger partial charge in [0.25, 0.3) is 0 Å². The van der Waals surface area contributed by atoms with Crippen LogP contribution in [0.2, 0.25) is 0 Å². The normalized spacial score (nSPS) is 11.4. The van der Waals surface area contributed by atoms with Gasteiger partial charge in [0.15, 0.2) is 0 Å². The van der Waals surface area contributed by atoms with Crippen molar-refractivity contribution >= 4 is 11.8 Å². The maximum absolute atomic E-state index is 12.1. The first-order valence-corrected chi connectivity index (χ1v) is 4.73. The van der Waals surface area contributed by atoms with Crippen LogP contribution in [0.5, 0.6) is 5.75 Å². The average molecular weight is 221 g/mol. The maximum atomic E-state index is 12.1. The van der Waals surface area contributed by atoms with E-state index >= 15 is 0 Å². The summed E-state index contributed by atoms with van der Waals surface area (Å²) in [5.41, 5.74) is -4.29. The quantitative estimate of drug-likeness (QED) is 0.722. The largest absolute Gasteiger partial charge is 0.493 e. The fourth-order valence-corrected chi connectivity index (χ4v) is 1.48. The average Bonchev–Trinajstić information content (AvgIpc) is 2.06. The lowest BCUT2D eigenvalue weighted by molar-refractivity contribution is -0.0329. The Bertz CT molecular complexity index is 298. The molecule has 1 aromatic carbocycles. The molecule has 0 aromatic heterocycles. The summed E-state index contributed by atoms with van der Waals surface area (Å²) in [6, 6.07) is 6.84. The molecule has 1 aromatic rings. The summed E-state index contributed by atoms with van der Waals surface area (Å²) in [6.45, 7) is 2.06. The van der Waals surface area contributed by atoms with Crippen molar-refractivity contribution in [2.24, 2.45) is 0 Å². The van der Waals surface area contributed by atoms with Crippen LogP contribution >= 0.6 is 11.8 Å². The second-order valence-electron chi connectivity index (χ2n) is 2.35. The molecular weight excluding hydrogens is 213 g/mol. The first kappa shape index (κ1) is 11.2. The fraction of sp³-hybridized carbons (Fsp3) is 0.333. The molecule has 0 aliphatic heterocycles. The molecule has 0 aliphatic carbocycles. The first-order valence-electron chi connectivity index (χ1n) is 3.91. The minimum atomic E-state index is -4.29. The van der Waals surface area contributed by atoms with Crippen LogP contribution in [0.4, 0.5) is 13.2 Å². The monoisotopic (exact) mass is 221 g/mol. The van der Waals surface area contributed by atoms with Crippen LogP contribution in [0.3, 0.4) is 0 Å². The maximum Gasteiger partial charge on any atom is 0.446 e. The molecule has 0 unspecified atom stereocenters. The van der Waals surface area contributed by atoms with E-state index in [-0.39, 0.29) is 22.4 Å². The van der Waals surface area contributed by atoms with Gasteiger partial charge in [0.05, 0.1) is 11.5 Å². The Hall–Kier alpha value is -0.840. The highest BCUT2D eigenvalue weighted by molar-refractivity contribution is 8.00. The van der Waals surface area contributed by atoms with E-state index in [1.807, 2.05) is 0 Å². The number of rotatable bonds is 3. The number of ether oxygens (including phenoxy) is 1. The molecule has 1 radical (unpaired) electrons. The Labute approximate surface area is 84.3 Å². The molecule has 0 aliphatic rings. The highest BCUT2D eigenvalue weighted by Crippen LogP contribution is 2.40. The number of hydrogen-bond acceptors (Lipinski definition) is 2. The van der Waals surface area contributed by atoms with Crippen LogP contribution in [0, 0.1) is 6.07 Å². The first-order chi connectivity index (χ1) is 6.53. The van der Waals surface area contributed by atoms with Gasteiger partial charge in [-0.05, 0) is 36.9 Å². The molecular formula is C9H8F3OS. The number of hydrogen-bond donors (Lipinski definition) is 0. The van der Waals surface area contributed by atoms with Crippen molar-refractivity contribution in [3.63, 3.8) is 0 Å². The Morgan fingerprint density at radius 1 is 1.50 bits per heavy atom. The molecule has 77 valence electrons. The third kappa shape index (κ3) is 3.49. The molecule has 14 heavy (non-hydrogen) atoms. The number of alkyl halides is 3. The predicted octanol–water partition coefficient (Wildman–Crippen LogP) is 3.50. The van der Waals surface area contributed by atoms with Gasteiger partial charge in [-0.25, -0.2) is 0 Å². The van der Waals surface area contributed by atoms with Gasteiger partial charge >= 0.3 is 5.51 Å². The molecule has 5 heteroatoms. The van der Waals surface area contributed by atoms with Crippen molar-refractivity contribution in [2.45, 2.75) is 17.3 Å². The Morgan fingerprint density at radius 2 is 2.21 bits per heavy atom. The topological polar surface area (TPSA) is 9.23 Å². The van der Waals surface area contributed by atoms with Crippen molar-refractivity contribution in [1.82, 2.24) is 0 Å². The van der Waals surface area contributed by atoms with Gasteiger partial charge in [-0.1, -0.05) is 6.07 Å². The summed E-state index contributed by atoms with van der Waals surface area (Å²) in [5, 5.41) is 0. The van der Waals surface area contributed by atoms with Gasteiger partial charge in [-0.2, -0.15) is 13.2 Å². The zero-order chi connectivity index (χ0) is 10.6. The molecule has 0 amide bonds. The second-order valence-corrected chi connectivity index (χ2v) is 3.46. The Morgan fingerprint density at radius 3 is 2.79 bits per heavy atom. The van der Waals surface area contributed by atoms with Crippen LogP contribution in [-0.2, 0) is 0 Å². The lowest BCUT2D eigenvalue weighted by Crippen LogP contribution is -2.01. The van der Waals surface area contributed by atoms with Crippen molar-refractivity contribution < 1.29 is 17.9 Å². The van der Waals surface area contributed by atoms with Gasteiger partial charge in [0.1, 0.15) is 5.75 Å². The molecule has 0 bridgehead atoms. The molecule has 0 atom stereocenters. The highest BCUT2D eigenvalue weighted by Gasteiger charge is 2.30. The number of halogens is 3. The molecule has 0 heterocycles. The van der Waals surface area contributed by atoms with Crippen molar-refractivity contribution in [3.05, 3.63) is 24.3 Å². The Balaban J connectivity index is 2.84. The highest BCUT2D eigenvalue weighted by atomic mass is 32.2. The molecule has 1 nitrogen and oxygen atoms in total. The lowest BCUT2D eigenvalue weighted by Gasteiger charge is -2.10. The smallest absolute Gasteiger partial charge is 0.446 e. The van der Waals surface area contributed by atoms with Crippen molar-refractivity contribution in [1.29, 1.82) is 0 Å². The van der Waals surface area contributed by atoms with Crippen molar-refractivity contribution in [3.8, 4) is 5.75 Å². The fourth-order valence-electron chi connectivity index (χ4n) is 0.880. The van der Waals surface area contributed by atoms with Crippen LogP contribution in [0.1, 0.15) is 6.92 Å². The molecule has 0 fully saturated rings. The standard InChI is InChI=1S/C9H8F3OS/c1-2-13-7-5-3-4-6-8(7)14-9(10,11)12/h3,5-6H,2H2,1H3. The minimum absolute atomic E-state index is 0.0434. The third-order valence-corrected chi connectivity index (χ3v) is 2.08. The van der Waals surface area contributed by atoms with Gasteiger partial charge in [0.2, 0.25) is 0 Å². The third-order valence-electron chi connectivity index (χ3n) is 1.31. The summed E-state index contributed by atoms with van der Waals surface area (Å²) >= 11 is -0.189. The van der Waals surface area contributed by atoms with Gasteiger partial charge in [-0.15, -0.1) is 0 Å². The number of benzene rings is 1. The summed E-state index contributed by atoms with van der Waals surface area (Å²) < 4.78 is 41.2. The zero-order valence-corrected chi connectivity index (χ0v) is 8.21. The van der Waals surface area contributed by atoms with E-state index in [1.165, 1.54) is 18.2 Å². The van der Waals surface area contributed by atoms with Crippen LogP contribution in [0.25, 0.3) is 0 Å². The molecule has 0 N–H and O–H groups in total. The predicted molar refractivity (Wildman–Crippen MR) is 48.4 cm³/mol. The SMILES string of the molecule is CCOc1cc[c]cc1SC(F)(F)F. The van der Waals surface area contributed by atoms with E-state index in [9.17, 15) is 13.2 Å². The van der Waals surface area contributed by atoms with E-state index in [2.05, 4.69) is 6.07 Å². The summed E-state index contributed by atoms with van der Waals surface area (Å²) in [7, 11) is 0. The summed E-state index contributed by atoms with van der Waals surface area (Å²) in [6.07, 6.45) is 0. The van der Waals surface area contributed by atoms with Gasteiger partial charge in [-0.3, -0.25) is 0 Å². The van der Waals surface area contributed by atoms with E-state index in [1.54, 1.807) is 6.92 Å². The molecule has 0 saturated heterocycles. The van der Waals surface area contributed by atoms with Crippen LogP contribution < -0.4 is 4.74 Å². The molecule has 0 spiro atoms. The Kier molecular flexibility index (Phi) is 3.69. The van der Waals surface area contributed by atoms with Crippen LogP contribution in [0.15, 0.2) is 23.1 Å². The number of thioether (sulfide) groups is 1.